The summed E-state index contributed by atoms with van der Waals surface area (Å²) in [4.78, 5) is 23.4. The molecule has 4 nitrogen and oxygen atoms in total. The van der Waals surface area contributed by atoms with E-state index >= 15 is 0 Å². The highest BCUT2D eigenvalue weighted by Gasteiger charge is 2.34. The average Bonchev–Trinajstić information content (AvgIpc) is 2.99. The lowest BCUT2D eigenvalue weighted by Gasteiger charge is -2.20. The summed E-state index contributed by atoms with van der Waals surface area (Å²) >= 11 is 5.58. The number of hydrogen-bond donors (Lipinski definition) is 1. The summed E-state index contributed by atoms with van der Waals surface area (Å²) in [5.41, 5.74) is 0. The third kappa shape index (κ3) is 3.37. The molecule has 2 aliphatic rings. The van der Waals surface area contributed by atoms with Gasteiger partial charge in [-0.05, 0) is 38.5 Å². The van der Waals surface area contributed by atoms with Gasteiger partial charge in [0.1, 0.15) is 6.10 Å². The Balaban J connectivity index is 1.80. The molecule has 1 N–H and O–H groups in total. The number of rotatable bonds is 4. The monoisotopic (exact) mass is 273 g/mol. The van der Waals surface area contributed by atoms with Crippen LogP contribution in [0.2, 0.25) is 0 Å². The van der Waals surface area contributed by atoms with E-state index in [2.05, 4.69) is 5.32 Å². The number of ether oxygens (including phenoxy) is 1. The van der Waals surface area contributed by atoms with Gasteiger partial charge >= 0.3 is 6.09 Å². The van der Waals surface area contributed by atoms with Gasteiger partial charge in [0.05, 0.1) is 5.88 Å². The Labute approximate surface area is 112 Å². The summed E-state index contributed by atoms with van der Waals surface area (Å²) in [7, 11) is 0. The summed E-state index contributed by atoms with van der Waals surface area (Å²) in [6.45, 7) is 0. The van der Waals surface area contributed by atoms with Crippen LogP contribution in [-0.4, -0.2) is 29.9 Å². The van der Waals surface area contributed by atoms with Gasteiger partial charge in [0.15, 0.2) is 5.78 Å². The minimum Gasteiger partial charge on any atom is -0.446 e. The topological polar surface area (TPSA) is 55.4 Å². The van der Waals surface area contributed by atoms with Gasteiger partial charge in [0.25, 0.3) is 0 Å². The van der Waals surface area contributed by atoms with Crippen molar-refractivity contribution in [2.75, 3.05) is 5.88 Å². The zero-order valence-electron chi connectivity index (χ0n) is 10.5. The number of carbonyl (C=O) groups is 2. The summed E-state index contributed by atoms with van der Waals surface area (Å²) in [6, 6.07) is -0.0925. The van der Waals surface area contributed by atoms with Crippen LogP contribution in [-0.2, 0) is 9.53 Å². The van der Waals surface area contributed by atoms with Gasteiger partial charge in [-0.15, -0.1) is 11.6 Å². The third-order valence-electron chi connectivity index (χ3n) is 3.94. The zero-order chi connectivity index (χ0) is 13.0. The lowest BCUT2D eigenvalue weighted by Crippen LogP contribution is -2.41. The van der Waals surface area contributed by atoms with E-state index in [0.29, 0.717) is 0 Å². The summed E-state index contributed by atoms with van der Waals surface area (Å²) in [6.07, 6.45) is 6.50. The molecule has 2 rings (SSSR count). The molecule has 0 bridgehead atoms. The molecule has 0 aromatic rings. The Kier molecular flexibility index (Phi) is 4.87. The molecule has 0 aromatic carbocycles. The van der Waals surface area contributed by atoms with Crippen LogP contribution in [0.15, 0.2) is 0 Å². The van der Waals surface area contributed by atoms with Crippen LogP contribution < -0.4 is 5.32 Å². The van der Waals surface area contributed by atoms with Crippen molar-refractivity contribution in [1.29, 1.82) is 0 Å². The Morgan fingerprint density at radius 2 is 1.83 bits per heavy atom. The van der Waals surface area contributed by atoms with Crippen LogP contribution in [0.3, 0.4) is 0 Å². The molecule has 2 fully saturated rings. The number of amides is 1. The molecule has 0 radical (unpaired) electrons. The molecule has 2 aliphatic carbocycles. The first kappa shape index (κ1) is 13.7. The van der Waals surface area contributed by atoms with Crippen molar-refractivity contribution < 1.29 is 14.3 Å². The predicted molar refractivity (Wildman–Crippen MR) is 68.7 cm³/mol. The molecular formula is C13H20ClNO3. The van der Waals surface area contributed by atoms with Crippen LogP contribution in [0.4, 0.5) is 4.79 Å². The second-order valence-corrected chi connectivity index (χ2v) is 5.47. The fraction of sp³-hybridized carbons (Fsp3) is 0.846. The van der Waals surface area contributed by atoms with E-state index in [9.17, 15) is 9.59 Å². The maximum absolute atomic E-state index is 11.7. The van der Waals surface area contributed by atoms with Crippen molar-refractivity contribution in [3.63, 3.8) is 0 Å². The van der Waals surface area contributed by atoms with E-state index in [1.807, 2.05) is 0 Å². The number of hydrogen-bond acceptors (Lipinski definition) is 3. The molecule has 0 aliphatic heterocycles. The number of alkyl halides is 1. The lowest BCUT2D eigenvalue weighted by molar-refractivity contribution is -0.120. The summed E-state index contributed by atoms with van der Waals surface area (Å²) < 4.78 is 5.34. The molecule has 1 amide bonds. The largest absolute Gasteiger partial charge is 0.446 e. The van der Waals surface area contributed by atoms with Gasteiger partial charge in [0.2, 0.25) is 0 Å². The van der Waals surface area contributed by atoms with E-state index in [0.717, 1.165) is 44.9 Å². The first-order valence-corrected chi connectivity index (χ1v) is 7.30. The lowest BCUT2D eigenvalue weighted by atomic mass is 9.99. The first-order valence-electron chi connectivity index (χ1n) is 6.76. The van der Waals surface area contributed by atoms with Crippen LogP contribution in [0.5, 0.6) is 0 Å². The van der Waals surface area contributed by atoms with Crippen LogP contribution in [0.25, 0.3) is 0 Å². The predicted octanol–water partition coefficient (Wildman–Crippen LogP) is 2.63. The zero-order valence-corrected chi connectivity index (χ0v) is 11.2. The molecule has 0 spiro atoms. The van der Waals surface area contributed by atoms with Crippen molar-refractivity contribution in [2.24, 2.45) is 5.92 Å². The smallest absolute Gasteiger partial charge is 0.407 e. The minimum atomic E-state index is -0.374. The quantitative estimate of drug-likeness (QED) is 0.801. The standard InChI is InChI=1S/C13H20ClNO3/c14-8-12(16)10-6-3-7-11(10)15-13(17)18-9-4-1-2-5-9/h9-11H,1-8H2,(H,15,17). The second-order valence-electron chi connectivity index (χ2n) is 5.20. The molecule has 0 heterocycles. The normalized spacial score (nSPS) is 28.3. The molecule has 102 valence electrons. The van der Waals surface area contributed by atoms with Gasteiger partial charge in [-0.25, -0.2) is 4.79 Å². The fourth-order valence-electron chi connectivity index (χ4n) is 2.96. The molecule has 0 saturated heterocycles. The van der Waals surface area contributed by atoms with Crippen molar-refractivity contribution in [1.82, 2.24) is 5.32 Å². The number of carbonyl (C=O) groups excluding carboxylic acids is 2. The van der Waals surface area contributed by atoms with Crippen LogP contribution >= 0.6 is 11.6 Å². The first-order chi connectivity index (χ1) is 8.70. The van der Waals surface area contributed by atoms with Crippen molar-refractivity contribution in [3.8, 4) is 0 Å². The molecule has 2 saturated carbocycles. The Hall–Kier alpha value is -0.770. The second kappa shape index (κ2) is 6.41. The number of alkyl carbamates (subject to hydrolysis) is 1. The summed E-state index contributed by atoms with van der Waals surface area (Å²) in [5, 5.41) is 2.83. The molecule has 2 atom stereocenters. The van der Waals surface area contributed by atoms with E-state index in [-0.39, 0.29) is 35.8 Å². The Morgan fingerprint density at radius 1 is 1.11 bits per heavy atom. The summed E-state index contributed by atoms with van der Waals surface area (Å²) in [5.74, 6) is -0.0699. The fourth-order valence-corrected chi connectivity index (χ4v) is 3.16. The molecule has 18 heavy (non-hydrogen) atoms. The van der Waals surface area contributed by atoms with Crippen LogP contribution in [0, 0.1) is 5.92 Å². The molecular weight excluding hydrogens is 254 g/mol. The van der Waals surface area contributed by atoms with Crippen molar-refractivity contribution in [2.45, 2.75) is 57.1 Å². The van der Waals surface area contributed by atoms with E-state index in [1.54, 1.807) is 0 Å². The Bertz CT molecular complexity index is 315. The van der Waals surface area contributed by atoms with Gasteiger partial charge in [-0.3, -0.25) is 4.79 Å². The van der Waals surface area contributed by atoms with E-state index < -0.39 is 0 Å². The van der Waals surface area contributed by atoms with Crippen LogP contribution in [0.1, 0.15) is 44.9 Å². The minimum absolute atomic E-state index is 0.0281. The highest BCUT2D eigenvalue weighted by Crippen LogP contribution is 2.27. The average molecular weight is 274 g/mol. The van der Waals surface area contributed by atoms with Gasteiger partial charge in [-0.1, -0.05) is 6.42 Å². The number of nitrogens with one attached hydrogen (secondary N) is 1. The third-order valence-corrected chi connectivity index (χ3v) is 4.20. The van der Waals surface area contributed by atoms with Gasteiger partial charge < -0.3 is 10.1 Å². The maximum atomic E-state index is 11.7. The van der Waals surface area contributed by atoms with E-state index in [4.69, 9.17) is 16.3 Å². The number of ketones is 1. The van der Waals surface area contributed by atoms with E-state index in [1.165, 1.54) is 0 Å². The highest BCUT2D eigenvalue weighted by molar-refractivity contribution is 6.28. The maximum Gasteiger partial charge on any atom is 0.407 e. The highest BCUT2D eigenvalue weighted by atomic mass is 35.5. The van der Waals surface area contributed by atoms with Crippen molar-refractivity contribution in [3.05, 3.63) is 0 Å². The number of halogens is 1. The molecule has 2 unspecified atom stereocenters. The van der Waals surface area contributed by atoms with Crippen molar-refractivity contribution >= 4 is 23.5 Å². The Morgan fingerprint density at radius 3 is 2.50 bits per heavy atom. The van der Waals surface area contributed by atoms with Gasteiger partial charge in [0, 0.05) is 12.0 Å². The SMILES string of the molecule is O=C(NC1CCCC1C(=O)CCl)OC1CCCC1. The molecule has 0 aromatic heterocycles. The molecule has 5 heteroatoms. The number of Topliss-reactive ketones (excluding diaryl/α,β-unsaturated/α-hetero) is 1. The van der Waals surface area contributed by atoms with Gasteiger partial charge in [-0.2, -0.15) is 0 Å².